The largest absolute Gasteiger partial charge is 0.507 e. The highest BCUT2D eigenvalue weighted by Gasteiger charge is 2.18. The Bertz CT molecular complexity index is 1100. The third-order valence-corrected chi connectivity index (χ3v) is 6.45. The van der Waals surface area contributed by atoms with Crippen molar-refractivity contribution < 1.29 is 5.11 Å². The van der Waals surface area contributed by atoms with E-state index in [-0.39, 0.29) is 11.6 Å². The molecule has 8 heteroatoms. The first-order valence-electron chi connectivity index (χ1n) is 12.5. The maximum atomic E-state index is 10.3. The first kappa shape index (κ1) is 27.0. The molecule has 1 saturated heterocycles. The molecule has 3 rings (SSSR count). The number of rotatable bonds is 10. The molecule has 2 aromatic rings. The monoisotopic (exact) mass is 491 g/mol. The second-order valence-corrected chi connectivity index (χ2v) is 9.22. The van der Waals surface area contributed by atoms with Crippen LogP contribution in [0.25, 0.3) is 5.70 Å². The molecule has 1 fully saturated rings. The van der Waals surface area contributed by atoms with Crippen molar-refractivity contribution >= 4 is 5.70 Å². The van der Waals surface area contributed by atoms with E-state index in [9.17, 15) is 5.11 Å². The molecule has 1 aliphatic heterocycles. The molecule has 1 aliphatic rings. The van der Waals surface area contributed by atoms with Crippen LogP contribution in [0.5, 0.6) is 5.75 Å². The van der Waals surface area contributed by atoms with Crippen molar-refractivity contribution in [3.05, 3.63) is 94.7 Å². The van der Waals surface area contributed by atoms with E-state index in [4.69, 9.17) is 17.2 Å². The van der Waals surface area contributed by atoms with Gasteiger partial charge in [0.1, 0.15) is 11.6 Å². The Morgan fingerprint density at radius 2 is 1.72 bits per heavy atom. The molecule has 2 aromatic carbocycles. The SMILES string of the molecule is CC/C(=C\NC)N(Cc1cccc(CN2CCN(C)CC2)c1)C(/C=C(\N)c1ccccc1O)=C(N)N. The van der Waals surface area contributed by atoms with Crippen LogP contribution in [0, 0.1) is 0 Å². The van der Waals surface area contributed by atoms with Crippen LogP contribution in [-0.4, -0.2) is 60.1 Å². The fraction of sp³-hybridized carbons (Fsp3) is 0.357. The molecule has 0 spiro atoms. The fourth-order valence-corrected chi connectivity index (χ4v) is 4.41. The lowest BCUT2D eigenvalue weighted by Crippen LogP contribution is -2.43. The summed E-state index contributed by atoms with van der Waals surface area (Å²) in [4.78, 5) is 6.94. The molecule has 1 heterocycles. The van der Waals surface area contributed by atoms with Crippen LogP contribution in [-0.2, 0) is 13.1 Å². The van der Waals surface area contributed by atoms with Crippen LogP contribution in [0.3, 0.4) is 0 Å². The summed E-state index contributed by atoms with van der Waals surface area (Å²) in [5.41, 5.74) is 23.7. The van der Waals surface area contributed by atoms with Crippen molar-refractivity contribution in [3.8, 4) is 5.75 Å². The van der Waals surface area contributed by atoms with Gasteiger partial charge in [0.25, 0.3) is 0 Å². The maximum absolute atomic E-state index is 10.3. The summed E-state index contributed by atoms with van der Waals surface area (Å²) in [6, 6.07) is 15.6. The van der Waals surface area contributed by atoms with E-state index in [1.165, 1.54) is 5.56 Å². The summed E-state index contributed by atoms with van der Waals surface area (Å²) >= 11 is 0. The quantitative estimate of drug-likeness (QED) is 0.322. The van der Waals surface area contributed by atoms with E-state index in [0.29, 0.717) is 23.5 Å². The predicted molar refractivity (Wildman–Crippen MR) is 148 cm³/mol. The molecular weight excluding hydrogens is 450 g/mol. The van der Waals surface area contributed by atoms with E-state index in [2.05, 4.69) is 58.3 Å². The third kappa shape index (κ3) is 7.19. The standard InChI is InChI=1S/C28H41N7O/c1-4-23(18-32-2)35(26(28(30)31)17-25(29)24-10-5-6-11-27(24)36)20-22-9-7-8-21(16-22)19-34-14-12-33(3)13-15-34/h5-11,16-18,32,36H,4,12-15,19-20,29-31H2,1-3H3/b23-18+,25-17-. The van der Waals surface area contributed by atoms with Crippen molar-refractivity contribution in [2.75, 3.05) is 40.3 Å². The van der Waals surface area contributed by atoms with Crippen molar-refractivity contribution in [1.29, 1.82) is 0 Å². The minimum absolute atomic E-state index is 0.103. The summed E-state index contributed by atoms with van der Waals surface area (Å²) < 4.78 is 0. The number of benzene rings is 2. The highest BCUT2D eigenvalue weighted by molar-refractivity contribution is 5.70. The highest BCUT2D eigenvalue weighted by atomic mass is 16.3. The summed E-state index contributed by atoms with van der Waals surface area (Å²) in [7, 11) is 4.04. The van der Waals surface area contributed by atoms with Crippen molar-refractivity contribution in [1.82, 2.24) is 20.0 Å². The second kappa shape index (κ2) is 12.9. The van der Waals surface area contributed by atoms with Gasteiger partial charge in [-0.2, -0.15) is 0 Å². The van der Waals surface area contributed by atoms with E-state index in [1.807, 2.05) is 19.3 Å². The highest BCUT2D eigenvalue weighted by Crippen LogP contribution is 2.27. The zero-order chi connectivity index (χ0) is 26.1. The lowest BCUT2D eigenvalue weighted by molar-refractivity contribution is 0.148. The van der Waals surface area contributed by atoms with Crippen LogP contribution in [0.1, 0.15) is 30.0 Å². The molecule has 194 valence electrons. The molecule has 0 bridgehead atoms. The average Bonchev–Trinajstić information content (AvgIpc) is 2.86. The van der Waals surface area contributed by atoms with Gasteiger partial charge in [0, 0.05) is 69.5 Å². The normalized spacial score (nSPS) is 15.5. The van der Waals surface area contributed by atoms with Crippen LogP contribution in [0.4, 0.5) is 0 Å². The van der Waals surface area contributed by atoms with Crippen molar-refractivity contribution in [3.63, 3.8) is 0 Å². The smallest absolute Gasteiger partial charge is 0.124 e. The molecule has 0 radical (unpaired) electrons. The summed E-state index contributed by atoms with van der Waals surface area (Å²) in [5.74, 6) is 0.253. The number of likely N-dealkylation sites (N-methyl/N-ethyl adjacent to an activating group) is 1. The topological polar surface area (TPSA) is 120 Å². The number of nitrogens with one attached hydrogen (secondary N) is 1. The Morgan fingerprint density at radius 1 is 1.03 bits per heavy atom. The number of hydrogen-bond donors (Lipinski definition) is 5. The molecule has 8 N–H and O–H groups in total. The zero-order valence-electron chi connectivity index (χ0n) is 21.7. The number of phenols is 1. The fourth-order valence-electron chi connectivity index (χ4n) is 4.41. The molecule has 0 saturated carbocycles. The predicted octanol–water partition coefficient (Wildman–Crippen LogP) is 2.50. The van der Waals surface area contributed by atoms with Gasteiger partial charge in [-0.05, 0) is 42.8 Å². The molecule has 8 nitrogen and oxygen atoms in total. The summed E-state index contributed by atoms with van der Waals surface area (Å²) in [5, 5.41) is 13.4. The van der Waals surface area contributed by atoms with Gasteiger partial charge < -0.3 is 37.4 Å². The first-order chi connectivity index (χ1) is 17.3. The summed E-state index contributed by atoms with van der Waals surface area (Å²) in [6.07, 6.45) is 4.43. The van der Waals surface area contributed by atoms with Crippen LogP contribution < -0.4 is 22.5 Å². The number of piperazine rings is 1. The minimum Gasteiger partial charge on any atom is -0.507 e. The molecular formula is C28H41N7O. The van der Waals surface area contributed by atoms with Gasteiger partial charge in [0.05, 0.1) is 5.70 Å². The number of nitrogens with two attached hydrogens (primary N) is 3. The Kier molecular flexibility index (Phi) is 9.67. The third-order valence-electron chi connectivity index (χ3n) is 6.45. The Balaban J connectivity index is 1.92. The van der Waals surface area contributed by atoms with Gasteiger partial charge >= 0.3 is 0 Å². The molecule has 0 amide bonds. The number of nitrogens with zero attached hydrogens (tertiary/aromatic N) is 3. The van der Waals surface area contributed by atoms with E-state index in [1.54, 1.807) is 24.3 Å². The molecule has 0 unspecified atom stereocenters. The van der Waals surface area contributed by atoms with Gasteiger partial charge in [0.15, 0.2) is 0 Å². The number of allylic oxidation sites excluding steroid dienone is 2. The molecule has 36 heavy (non-hydrogen) atoms. The van der Waals surface area contributed by atoms with Crippen LogP contribution in [0.15, 0.2) is 78.0 Å². The number of hydrogen-bond acceptors (Lipinski definition) is 8. The molecule has 0 aliphatic carbocycles. The number of aromatic hydroxyl groups is 1. The lowest BCUT2D eigenvalue weighted by Gasteiger charge is -2.32. The molecule has 0 atom stereocenters. The Hall–Kier alpha value is -3.62. The van der Waals surface area contributed by atoms with Gasteiger partial charge in [-0.15, -0.1) is 0 Å². The summed E-state index contributed by atoms with van der Waals surface area (Å²) in [6.45, 7) is 7.91. The second-order valence-electron chi connectivity index (χ2n) is 9.22. The van der Waals surface area contributed by atoms with Gasteiger partial charge in [-0.3, -0.25) is 4.90 Å². The van der Waals surface area contributed by atoms with Crippen LogP contribution in [0.2, 0.25) is 0 Å². The van der Waals surface area contributed by atoms with Crippen LogP contribution >= 0.6 is 0 Å². The first-order valence-corrected chi connectivity index (χ1v) is 12.5. The average molecular weight is 492 g/mol. The lowest BCUT2D eigenvalue weighted by atomic mass is 10.1. The van der Waals surface area contributed by atoms with Gasteiger partial charge in [0.2, 0.25) is 0 Å². The van der Waals surface area contributed by atoms with Crippen molar-refractivity contribution in [2.45, 2.75) is 26.4 Å². The van der Waals surface area contributed by atoms with E-state index in [0.717, 1.165) is 50.4 Å². The van der Waals surface area contributed by atoms with E-state index >= 15 is 0 Å². The van der Waals surface area contributed by atoms with Gasteiger partial charge in [-0.1, -0.05) is 43.3 Å². The number of phenolic OH excluding ortho intramolecular Hbond substituents is 1. The van der Waals surface area contributed by atoms with Crippen molar-refractivity contribution in [2.24, 2.45) is 17.2 Å². The number of para-hydroxylation sites is 1. The van der Waals surface area contributed by atoms with Gasteiger partial charge in [-0.25, -0.2) is 0 Å². The van der Waals surface area contributed by atoms with E-state index < -0.39 is 0 Å². The zero-order valence-corrected chi connectivity index (χ0v) is 21.7. The maximum Gasteiger partial charge on any atom is 0.124 e. The minimum atomic E-state index is 0.103. The Labute approximate surface area is 215 Å². The Morgan fingerprint density at radius 3 is 2.36 bits per heavy atom. The molecule has 0 aromatic heterocycles.